The molecule has 0 aliphatic carbocycles. The van der Waals surface area contributed by atoms with Gasteiger partial charge in [-0.25, -0.2) is 22.7 Å². The maximum absolute atomic E-state index is 13.8. The van der Waals surface area contributed by atoms with Crippen molar-refractivity contribution in [2.45, 2.75) is 25.5 Å². The van der Waals surface area contributed by atoms with Crippen LogP contribution < -0.4 is 15.4 Å². The van der Waals surface area contributed by atoms with Gasteiger partial charge in [-0.2, -0.15) is 5.10 Å². The fourth-order valence-corrected chi connectivity index (χ4v) is 3.09. The van der Waals surface area contributed by atoms with E-state index in [2.05, 4.69) is 27.3 Å². The Morgan fingerprint density at radius 2 is 2.14 bits per heavy atom. The van der Waals surface area contributed by atoms with Crippen LogP contribution in [-0.4, -0.2) is 33.7 Å². The first kappa shape index (κ1) is 18.1. The summed E-state index contributed by atoms with van der Waals surface area (Å²) in [6, 6.07) is 5.09. The number of rotatable bonds is 1. The number of alkyl halides is 2. The van der Waals surface area contributed by atoms with Crippen molar-refractivity contribution in [3.05, 3.63) is 60.2 Å². The zero-order chi connectivity index (χ0) is 19.8. The minimum absolute atomic E-state index is 0.183. The summed E-state index contributed by atoms with van der Waals surface area (Å²) < 4.78 is 48.1. The van der Waals surface area contributed by atoms with Crippen molar-refractivity contribution in [1.29, 1.82) is 0 Å². The van der Waals surface area contributed by atoms with Gasteiger partial charge in [0.05, 0.1) is 24.3 Å². The smallest absolute Gasteiger partial charge is 0.276 e. The summed E-state index contributed by atoms with van der Waals surface area (Å²) in [5, 5.41) is 10.2. The van der Waals surface area contributed by atoms with Crippen molar-refractivity contribution in [3.63, 3.8) is 0 Å². The van der Waals surface area contributed by atoms with Crippen LogP contribution in [0.3, 0.4) is 0 Å². The molecule has 0 saturated heterocycles. The highest BCUT2D eigenvalue weighted by atomic mass is 19.3. The van der Waals surface area contributed by atoms with Gasteiger partial charge in [0.25, 0.3) is 6.43 Å². The predicted octanol–water partition coefficient (Wildman–Crippen LogP) is 3.63. The van der Waals surface area contributed by atoms with Crippen LogP contribution in [0.5, 0.6) is 5.75 Å². The number of benzene rings is 1. The van der Waals surface area contributed by atoms with Gasteiger partial charge in [0.15, 0.2) is 11.8 Å². The van der Waals surface area contributed by atoms with Crippen molar-refractivity contribution >= 4 is 17.2 Å². The van der Waals surface area contributed by atoms with Crippen LogP contribution in [0.4, 0.5) is 19.0 Å². The normalized spacial score (nSPS) is 19.8. The molecule has 1 aliphatic heterocycles. The first-order valence-corrected chi connectivity index (χ1v) is 8.70. The van der Waals surface area contributed by atoms with E-state index in [1.54, 1.807) is 29.9 Å². The molecule has 0 radical (unpaired) electrons. The summed E-state index contributed by atoms with van der Waals surface area (Å²) in [5.74, 6) is 0.221. The molecule has 3 aromatic rings. The van der Waals surface area contributed by atoms with Gasteiger partial charge in [0.1, 0.15) is 17.4 Å². The van der Waals surface area contributed by atoms with Crippen LogP contribution >= 0.6 is 0 Å². The van der Waals surface area contributed by atoms with Gasteiger partial charge >= 0.3 is 0 Å². The van der Waals surface area contributed by atoms with Gasteiger partial charge < -0.3 is 15.4 Å². The Balaban J connectivity index is 1.82. The van der Waals surface area contributed by atoms with Crippen LogP contribution in [0.15, 0.2) is 43.2 Å². The van der Waals surface area contributed by atoms with Crippen LogP contribution in [0.25, 0.3) is 11.3 Å². The van der Waals surface area contributed by atoms with E-state index in [9.17, 15) is 13.2 Å². The summed E-state index contributed by atoms with van der Waals surface area (Å²) in [5.41, 5.74) is 1.93. The third kappa shape index (κ3) is 3.35. The number of ether oxygens (including phenoxy) is 1. The number of nitrogens with one attached hydrogen (secondary N) is 2. The molecule has 0 fully saturated rings. The molecule has 9 heteroatoms. The van der Waals surface area contributed by atoms with E-state index in [0.29, 0.717) is 28.3 Å². The summed E-state index contributed by atoms with van der Waals surface area (Å²) >= 11 is 0. The third-order valence-electron chi connectivity index (χ3n) is 4.57. The largest absolute Gasteiger partial charge is 0.482 e. The highest BCUT2D eigenvalue weighted by Crippen LogP contribution is 2.30. The lowest BCUT2D eigenvalue weighted by Crippen LogP contribution is -2.36. The molecule has 146 valence electrons. The fraction of sp³-hybridized carbons (Fsp3) is 0.263. The number of fused-ring (bicyclic) bond motifs is 2. The van der Waals surface area contributed by atoms with E-state index in [1.807, 2.05) is 0 Å². The Labute approximate surface area is 159 Å². The molecule has 4 rings (SSSR count). The molecule has 3 heterocycles. The Kier molecular flexibility index (Phi) is 4.58. The van der Waals surface area contributed by atoms with Gasteiger partial charge in [0.2, 0.25) is 0 Å². The van der Waals surface area contributed by atoms with E-state index in [1.165, 1.54) is 18.2 Å². The van der Waals surface area contributed by atoms with E-state index in [0.717, 1.165) is 0 Å². The molecule has 0 amide bonds. The first-order chi connectivity index (χ1) is 13.4. The lowest BCUT2D eigenvalue weighted by Gasteiger charge is -2.23. The number of anilines is 1. The molecular weight excluding hydrogens is 371 g/mol. The molecule has 0 saturated carbocycles. The molecule has 2 bridgehead atoms. The highest BCUT2D eigenvalue weighted by Gasteiger charge is 2.26. The minimum Gasteiger partial charge on any atom is -0.482 e. The van der Waals surface area contributed by atoms with Gasteiger partial charge in [-0.15, -0.1) is 0 Å². The second-order valence-electron chi connectivity index (χ2n) is 6.54. The standard InChI is InChI=1S/C19H18F3N5O/c1-10-14-8-24-27-6-5-17(26-19(14)27)25-11(2)13-7-12(20)3-4-15(13)28-16(9-23-10)18(21)22/h3-8,11,16,18,23H,1,9H2,2H3,(H,25,26)/t11-,16-/m1/s1. The monoisotopic (exact) mass is 389 g/mol. The predicted molar refractivity (Wildman–Crippen MR) is 98.9 cm³/mol. The maximum atomic E-state index is 13.8. The Hall–Kier alpha value is -3.23. The molecule has 1 aromatic carbocycles. The Bertz CT molecular complexity index is 1040. The Morgan fingerprint density at radius 3 is 2.93 bits per heavy atom. The lowest BCUT2D eigenvalue weighted by atomic mass is 10.1. The van der Waals surface area contributed by atoms with Gasteiger partial charge in [-0.3, -0.25) is 0 Å². The van der Waals surface area contributed by atoms with Crippen molar-refractivity contribution < 1.29 is 17.9 Å². The van der Waals surface area contributed by atoms with Crippen LogP contribution in [0.2, 0.25) is 0 Å². The van der Waals surface area contributed by atoms with E-state index < -0.39 is 24.4 Å². The quantitative estimate of drug-likeness (QED) is 0.666. The molecule has 0 unspecified atom stereocenters. The summed E-state index contributed by atoms with van der Waals surface area (Å²) in [4.78, 5) is 4.54. The second-order valence-corrected chi connectivity index (χ2v) is 6.54. The van der Waals surface area contributed by atoms with E-state index >= 15 is 0 Å². The zero-order valence-electron chi connectivity index (χ0n) is 15.0. The van der Waals surface area contributed by atoms with Crippen LogP contribution in [-0.2, 0) is 0 Å². The molecule has 0 spiro atoms. The number of nitrogens with zero attached hydrogens (tertiary/aromatic N) is 3. The zero-order valence-corrected chi connectivity index (χ0v) is 15.0. The minimum atomic E-state index is -2.75. The third-order valence-corrected chi connectivity index (χ3v) is 4.57. The lowest BCUT2D eigenvalue weighted by molar-refractivity contribution is 0.0138. The average Bonchev–Trinajstić information content (AvgIpc) is 3.08. The molecule has 6 nitrogen and oxygen atoms in total. The molecule has 1 aliphatic rings. The fourth-order valence-electron chi connectivity index (χ4n) is 3.09. The number of halogens is 3. The molecule has 2 N–H and O–H groups in total. The van der Waals surface area contributed by atoms with Gasteiger partial charge in [-0.05, 0) is 31.2 Å². The summed E-state index contributed by atoms with van der Waals surface area (Å²) in [7, 11) is 0. The average molecular weight is 389 g/mol. The van der Waals surface area contributed by atoms with Crippen molar-refractivity contribution in [3.8, 4) is 5.75 Å². The van der Waals surface area contributed by atoms with E-state index in [-0.39, 0.29) is 12.3 Å². The van der Waals surface area contributed by atoms with Crippen molar-refractivity contribution in [1.82, 2.24) is 19.9 Å². The van der Waals surface area contributed by atoms with Crippen molar-refractivity contribution in [2.24, 2.45) is 0 Å². The molecule has 2 atom stereocenters. The number of hydrogen-bond donors (Lipinski definition) is 2. The van der Waals surface area contributed by atoms with Crippen molar-refractivity contribution in [2.75, 3.05) is 11.9 Å². The van der Waals surface area contributed by atoms with Crippen LogP contribution in [0.1, 0.15) is 24.1 Å². The molecular formula is C19H18F3N5O. The van der Waals surface area contributed by atoms with Gasteiger partial charge in [-0.1, -0.05) is 6.58 Å². The Morgan fingerprint density at radius 1 is 1.32 bits per heavy atom. The SMILES string of the molecule is C=C1NC[C@H](C(F)F)Oc2ccc(F)cc2[C@@H](C)Nc2ccn3ncc1c3n2. The van der Waals surface area contributed by atoms with Gasteiger partial charge in [0, 0.05) is 17.5 Å². The number of hydrogen-bond acceptors (Lipinski definition) is 5. The summed E-state index contributed by atoms with van der Waals surface area (Å²) in [6.45, 7) is 5.49. The van der Waals surface area contributed by atoms with Crippen LogP contribution in [0, 0.1) is 5.82 Å². The maximum Gasteiger partial charge on any atom is 0.276 e. The molecule has 28 heavy (non-hydrogen) atoms. The summed E-state index contributed by atoms with van der Waals surface area (Å²) in [6.07, 6.45) is -0.917. The topological polar surface area (TPSA) is 63.5 Å². The number of aromatic nitrogens is 3. The van der Waals surface area contributed by atoms with E-state index in [4.69, 9.17) is 4.74 Å². The highest BCUT2D eigenvalue weighted by molar-refractivity contribution is 5.73. The second kappa shape index (κ2) is 7.06. The molecule has 2 aromatic heterocycles. The first-order valence-electron chi connectivity index (χ1n) is 8.70.